The van der Waals surface area contributed by atoms with Crippen molar-refractivity contribution >= 4 is 44.5 Å². The van der Waals surface area contributed by atoms with Gasteiger partial charge >= 0.3 is 0 Å². The molecule has 1 amide bonds. The molecule has 0 bridgehead atoms. The van der Waals surface area contributed by atoms with Gasteiger partial charge in [0.15, 0.2) is 0 Å². The van der Waals surface area contributed by atoms with Crippen molar-refractivity contribution in [3.8, 4) is 10.4 Å². The van der Waals surface area contributed by atoms with Crippen LogP contribution in [-0.4, -0.2) is 15.5 Å². The maximum absolute atomic E-state index is 13.1. The van der Waals surface area contributed by atoms with Gasteiger partial charge in [-0.2, -0.15) is 0 Å². The molecule has 0 saturated heterocycles. The second-order valence-corrected chi connectivity index (χ2v) is 8.89. The van der Waals surface area contributed by atoms with Crippen molar-refractivity contribution < 1.29 is 4.79 Å². The van der Waals surface area contributed by atoms with Gasteiger partial charge in [0, 0.05) is 21.9 Å². The number of hydrogen-bond acceptors (Lipinski definition) is 5. The summed E-state index contributed by atoms with van der Waals surface area (Å²) in [6.45, 7) is 1.65. The first-order chi connectivity index (χ1) is 16.6. The van der Waals surface area contributed by atoms with Crippen LogP contribution in [-0.2, 0) is 11.3 Å². The molecule has 2 heterocycles. The highest BCUT2D eigenvalue weighted by Crippen LogP contribution is 2.31. The van der Waals surface area contributed by atoms with Gasteiger partial charge in [-0.25, -0.2) is 4.98 Å². The van der Waals surface area contributed by atoms with Gasteiger partial charge < -0.3 is 10.6 Å². The largest absolute Gasteiger partial charge is 0.356 e. The Hall–Kier alpha value is -4.23. The lowest BCUT2D eigenvalue weighted by molar-refractivity contribution is -0.116. The molecule has 6 nitrogen and oxygen atoms in total. The molecule has 0 saturated carbocycles. The number of rotatable bonds is 6. The lowest BCUT2D eigenvalue weighted by Crippen LogP contribution is -2.29. The number of carbonyl (C=O) groups excluding carboxylic acids is 1. The van der Waals surface area contributed by atoms with Crippen molar-refractivity contribution in [2.75, 3.05) is 10.6 Å². The molecule has 0 aliphatic carbocycles. The number of aryl methyl sites for hydroxylation is 1. The van der Waals surface area contributed by atoms with Crippen molar-refractivity contribution in [2.45, 2.75) is 13.5 Å². The van der Waals surface area contributed by atoms with E-state index in [-0.39, 0.29) is 18.0 Å². The minimum Gasteiger partial charge on any atom is -0.356 e. The number of fused-ring (bicyclic) bond motifs is 1. The third kappa shape index (κ3) is 4.60. The lowest BCUT2D eigenvalue weighted by atomic mass is 10.2. The molecule has 0 fully saturated rings. The van der Waals surface area contributed by atoms with E-state index in [2.05, 4.69) is 15.6 Å². The van der Waals surface area contributed by atoms with E-state index in [1.54, 1.807) is 6.92 Å². The van der Waals surface area contributed by atoms with E-state index >= 15 is 0 Å². The summed E-state index contributed by atoms with van der Waals surface area (Å²) in [5, 5.41) is 6.69. The summed E-state index contributed by atoms with van der Waals surface area (Å²) in [5.74, 6) is 0.227. The smallest absolute Gasteiger partial charge is 0.262 e. The monoisotopic (exact) mass is 466 g/mol. The van der Waals surface area contributed by atoms with E-state index < -0.39 is 0 Å². The molecule has 3 aromatic carbocycles. The molecule has 5 rings (SSSR count). The Labute approximate surface area is 200 Å². The van der Waals surface area contributed by atoms with E-state index in [4.69, 9.17) is 0 Å². The highest BCUT2D eigenvalue weighted by atomic mass is 32.1. The number of thiophene rings is 1. The van der Waals surface area contributed by atoms with E-state index in [0.717, 1.165) is 21.8 Å². The molecule has 0 spiro atoms. The van der Waals surface area contributed by atoms with Gasteiger partial charge in [0.2, 0.25) is 5.91 Å². The zero-order chi connectivity index (χ0) is 23.5. The molecule has 2 N–H and O–H groups in total. The molecular weight excluding hydrogens is 444 g/mol. The Kier molecular flexibility index (Phi) is 5.93. The number of aromatic nitrogens is 2. The van der Waals surface area contributed by atoms with E-state index in [1.807, 2.05) is 91.0 Å². The molecule has 0 aliphatic rings. The van der Waals surface area contributed by atoms with Gasteiger partial charge in [-0.05, 0) is 55.0 Å². The third-order valence-electron chi connectivity index (χ3n) is 5.43. The highest BCUT2D eigenvalue weighted by Gasteiger charge is 2.15. The van der Waals surface area contributed by atoms with Crippen LogP contribution in [0.2, 0.25) is 0 Å². The second kappa shape index (κ2) is 9.33. The topological polar surface area (TPSA) is 76.0 Å². The maximum atomic E-state index is 13.1. The lowest BCUT2D eigenvalue weighted by Gasteiger charge is -2.11. The number of benzene rings is 3. The molecule has 0 aliphatic heterocycles. The molecule has 0 unspecified atom stereocenters. The first-order valence-electron chi connectivity index (χ1n) is 10.9. The Morgan fingerprint density at radius 1 is 0.882 bits per heavy atom. The van der Waals surface area contributed by atoms with Crippen molar-refractivity contribution in [3.63, 3.8) is 0 Å². The number of anilines is 3. The molecule has 34 heavy (non-hydrogen) atoms. The van der Waals surface area contributed by atoms with Crippen molar-refractivity contribution in [1.29, 1.82) is 0 Å². The van der Waals surface area contributed by atoms with Gasteiger partial charge in [0.05, 0.1) is 5.39 Å². The molecule has 0 atom stereocenters. The summed E-state index contributed by atoms with van der Waals surface area (Å²) >= 11 is 1.48. The number of para-hydroxylation sites is 1. The van der Waals surface area contributed by atoms with Crippen LogP contribution < -0.4 is 16.2 Å². The van der Waals surface area contributed by atoms with Crippen LogP contribution in [0, 0.1) is 6.92 Å². The number of nitrogens with one attached hydrogen (secondary N) is 2. The van der Waals surface area contributed by atoms with Gasteiger partial charge in [0.25, 0.3) is 5.56 Å². The summed E-state index contributed by atoms with van der Waals surface area (Å²) in [6, 6.07) is 29.0. The van der Waals surface area contributed by atoms with Crippen LogP contribution in [0.5, 0.6) is 0 Å². The average Bonchev–Trinajstić information content (AvgIpc) is 3.28. The van der Waals surface area contributed by atoms with Crippen LogP contribution >= 0.6 is 11.3 Å². The van der Waals surface area contributed by atoms with Gasteiger partial charge in [-0.15, -0.1) is 11.3 Å². The Balaban J connectivity index is 1.31. The first-order valence-corrected chi connectivity index (χ1v) is 11.7. The quantitative estimate of drug-likeness (QED) is 0.331. The van der Waals surface area contributed by atoms with Crippen LogP contribution in [0.4, 0.5) is 17.1 Å². The number of amides is 1. The average molecular weight is 467 g/mol. The van der Waals surface area contributed by atoms with Gasteiger partial charge in [0.1, 0.15) is 17.2 Å². The van der Waals surface area contributed by atoms with Crippen molar-refractivity contribution in [3.05, 3.63) is 107 Å². The Bertz CT molecular complexity index is 1510. The summed E-state index contributed by atoms with van der Waals surface area (Å²) in [7, 11) is 0. The molecule has 7 heteroatoms. The Morgan fingerprint density at radius 3 is 2.21 bits per heavy atom. The SMILES string of the molecule is Cc1nc2sc(-c3ccccc3)cc2c(=O)n1CC(=O)Nc1ccc(Nc2ccccc2)cc1. The van der Waals surface area contributed by atoms with Crippen molar-refractivity contribution in [1.82, 2.24) is 9.55 Å². The molecule has 0 radical (unpaired) electrons. The minimum absolute atomic E-state index is 0.103. The van der Waals surface area contributed by atoms with Crippen LogP contribution in [0.25, 0.3) is 20.7 Å². The zero-order valence-corrected chi connectivity index (χ0v) is 19.3. The summed E-state index contributed by atoms with van der Waals surface area (Å²) in [6.07, 6.45) is 0. The normalized spacial score (nSPS) is 10.9. The summed E-state index contributed by atoms with van der Waals surface area (Å²) < 4.78 is 1.42. The second-order valence-electron chi connectivity index (χ2n) is 7.86. The fourth-order valence-corrected chi connectivity index (χ4v) is 4.79. The van der Waals surface area contributed by atoms with Crippen LogP contribution in [0.15, 0.2) is 95.8 Å². The third-order valence-corrected chi connectivity index (χ3v) is 6.51. The van der Waals surface area contributed by atoms with E-state index in [9.17, 15) is 9.59 Å². The fourth-order valence-electron chi connectivity index (χ4n) is 3.72. The zero-order valence-electron chi connectivity index (χ0n) is 18.5. The minimum atomic E-state index is -0.284. The first kappa shape index (κ1) is 21.6. The van der Waals surface area contributed by atoms with E-state index in [0.29, 0.717) is 21.7 Å². The fraction of sp³-hybridized carbons (Fsp3) is 0.0741. The van der Waals surface area contributed by atoms with E-state index in [1.165, 1.54) is 15.9 Å². The van der Waals surface area contributed by atoms with Crippen LogP contribution in [0.1, 0.15) is 5.82 Å². The molecule has 5 aromatic rings. The number of nitrogens with zero attached hydrogens (tertiary/aromatic N) is 2. The Morgan fingerprint density at radius 2 is 1.50 bits per heavy atom. The molecular formula is C27H22N4O2S. The predicted molar refractivity (Wildman–Crippen MR) is 139 cm³/mol. The van der Waals surface area contributed by atoms with Gasteiger partial charge in [-0.3, -0.25) is 14.2 Å². The molecule has 2 aromatic heterocycles. The number of hydrogen-bond donors (Lipinski definition) is 2. The summed E-state index contributed by atoms with van der Waals surface area (Å²) in [4.78, 5) is 32.1. The molecule has 168 valence electrons. The maximum Gasteiger partial charge on any atom is 0.262 e. The predicted octanol–water partition coefficient (Wildman–Crippen LogP) is 5.82. The number of carbonyl (C=O) groups is 1. The standard InChI is InChI=1S/C27H22N4O2S/c1-18-28-26-23(16-24(34-26)19-8-4-2-5-9-19)27(33)31(18)17-25(32)30-22-14-12-21(13-15-22)29-20-10-6-3-7-11-20/h2-16,29H,17H2,1H3,(H,30,32). The van der Waals surface area contributed by atoms with Crippen molar-refractivity contribution in [2.24, 2.45) is 0 Å². The highest BCUT2D eigenvalue weighted by molar-refractivity contribution is 7.21. The van der Waals surface area contributed by atoms with Gasteiger partial charge in [-0.1, -0.05) is 48.5 Å². The van der Waals surface area contributed by atoms with Crippen LogP contribution in [0.3, 0.4) is 0 Å². The summed E-state index contributed by atoms with van der Waals surface area (Å²) in [5.41, 5.74) is 3.39.